The van der Waals surface area contributed by atoms with Crippen LogP contribution in [-0.2, 0) is 6.54 Å². The van der Waals surface area contributed by atoms with Crippen molar-refractivity contribution in [2.24, 2.45) is 0 Å². The molecule has 0 amide bonds. The lowest BCUT2D eigenvalue weighted by molar-refractivity contribution is 0.495. The van der Waals surface area contributed by atoms with E-state index in [1.807, 2.05) is 12.4 Å². The lowest BCUT2D eigenvalue weighted by atomic mass is 10.0. The number of benzene rings is 1. The van der Waals surface area contributed by atoms with E-state index in [-0.39, 0.29) is 0 Å². The Balaban J connectivity index is 1.96. The number of nitrogens with one attached hydrogen (secondary N) is 1. The van der Waals surface area contributed by atoms with Crippen molar-refractivity contribution in [3.63, 3.8) is 0 Å². The quantitative estimate of drug-likeness (QED) is 0.804. The van der Waals surface area contributed by atoms with Crippen LogP contribution < -0.4 is 5.32 Å². The predicted octanol–water partition coefficient (Wildman–Crippen LogP) is 4.42. The van der Waals surface area contributed by atoms with Crippen LogP contribution in [0, 0.1) is 0 Å². The summed E-state index contributed by atoms with van der Waals surface area (Å²) in [6.45, 7) is 5.44. The maximum atomic E-state index is 4.07. The summed E-state index contributed by atoms with van der Waals surface area (Å²) in [7, 11) is 0. The van der Waals surface area contributed by atoms with Gasteiger partial charge in [0.2, 0.25) is 0 Å². The van der Waals surface area contributed by atoms with Crippen molar-refractivity contribution in [1.82, 2.24) is 10.3 Å². The zero-order valence-electron chi connectivity index (χ0n) is 12.5. The lowest BCUT2D eigenvalue weighted by Crippen LogP contribution is -2.25. The van der Waals surface area contributed by atoms with E-state index in [4.69, 9.17) is 0 Å². The second-order valence-electron chi connectivity index (χ2n) is 5.36. The maximum Gasteiger partial charge on any atom is 0.0273 e. The molecule has 20 heavy (non-hydrogen) atoms. The van der Waals surface area contributed by atoms with Gasteiger partial charge in [-0.25, -0.2) is 0 Å². The van der Waals surface area contributed by atoms with Crippen LogP contribution in [0.5, 0.6) is 0 Å². The van der Waals surface area contributed by atoms with Crippen LogP contribution >= 0.6 is 0 Å². The molecule has 2 heteroatoms. The summed E-state index contributed by atoms with van der Waals surface area (Å²) in [6, 6.07) is 13.4. The van der Waals surface area contributed by atoms with E-state index in [0.29, 0.717) is 6.04 Å². The summed E-state index contributed by atoms with van der Waals surface area (Å²) in [5, 5.41) is 3.60. The fraction of sp³-hybridized carbons (Fsp3) is 0.389. The Hall–Kier alpha value is -1.67. The molecule has 1 unspecified atom stereocenters. The van der Waals surface area contributed by atoms with Gasteiger partial charge in [-0.05, 0) is 48.2 Å². The topological polar surface area (TPSA) is 24.9 Å². The van der Waals surface area contributed by atoms with Gasteiger partial charge in [0.05, 0.1) is 0 Å². The molecule has 1 atom stereocenters. The van der Waals surface area contributed by atoms with E-state index in [9.17, 15) is 0 Å². The molecule has 0 aliphatic rings. The molecule has 2 nitrogen and oxygen atoms in total. The average Bonchev–Trinajstić information content (AvgIpc) is 2.52. The number of hydrogen-bond donors (Lipinski definition) is 1. The third-order valence-electron chi connectivity index (χ3n) is 3.59. The SMILES string of the molecule is CCCCC(C)NCc1cccc(-c2ccncc2)c1. The smallest absolute Gasteiger partial charge is 0.0273 e. The minimum atomic E-state index is 0.583. The van der Waals surface area contributed by atoms with E-state index >= 15 is 0 Å². The molecule has 0 saturated carbocycles. The zero-order chi connectivity index (χ0) is 14.2. The van der Waals surface area contributed by atoms with Crippen LogP contribution in [0.4, 0.5) is 0 Å². The molecule has 0 aliphatic carbocycles. The Labute approximate surface area is 122 Å². The van der Waals surface area contributed by atoms with Gasteiger partial charge >= 0.3 is 0 Å². The third kappa shape index (κ3) is 4.46. The van der Waals surface area contributed by atoms with Crippen LogP contribution in [0.1, 0.15) is 38.7 Å². The van der Waals surface area contributed by atoms with Gasteiger partial charge in [-0.2, -0.15) is 0 Å². The highest BCUT2D eigenvalue weighted by Gasteiger charge is 2.02. The Morgan fingerprint density at radius 3 is 2.65 bits per heavy atom. The predicted molar refractivity (Wildman–Crippen MR) is 85.5 cm³/mol. The summed E-state index contributed by atoms with van der Waals surface area (Å²) in [6.07, 6.45) is 7.50. The molecular weight excluding hydrogens is 244 g/mol. The van der Waals surface area contributed by atoms with Crippen LogP contribution in [0.3, 0.4) is 0 Å². The van der Waals surface area contributed by atoms with Gasteiger partial charge in [-0.1, -0.05) is 38.0 Å². The summed E-state index contributed by atoms with van der Waals surface area (Å²) in [5.74, 6) is 0. The molecule has 1 N–H and O–H groups in total. The highest BCUT2D eigenvalue weighted by molar-refractivity contribution is 5.63. The Bertz CT molecular complexity index is 508. The Morgan fingerprint density at radius 2 is 1.90 bits per heavy atom. The van der Waals surface area contributed by atoms with Gasteiger partial charge in [0.25, 0.3) is 0 Å². The molecule has 0 saturated heterocycles. The Morgan fingerprint density at radius 1 is 1.10 bits per heavy atom. The third-order valence-corrected chi connectivity index (χ3v) is 3.59. The van der Waals surface area contributed by atoms with Gasteiger partial charge in [0, 0.05) is 25.0 Å². The lowest BCUT2D eigenvalue weighted by Gasteiger charge is -2.13. The number of rotatable bonds is 7. The van der Waals surface area contributed by atoms with Crippen LogP contribution in [0.25, 0.3) is 11.1 Å². The van der Waals surface area contributed by atoms with Crippen LogP contribution in [-0.4, -0.2) is 11.0 Å². The highest BCUT2D eigenvalue weighted by atomic mass is 14.9. The monoisotopic (exact) mass is 268 g/mol. The minimum absolute atomic E-state index is 0.583. The first kappa shape index (κ1) is 14.7. The zero-order valence-corrected chi connectivity index (χ0v) is 12.5. The number of aromatic nitrogens is 1. The van der Waals surface area contributed by atoms with Crippen molar-refractivity contribution >= 4 is 0 Å². The Kier molecular flexibility index (Phi) is 5.75. The normalized spacial score (nSPS) is 12.3. The average molecular weight is 268 g/mol. The molecule has 1 heterocycles. The van der Waals surface area contributed by atoms with Crippen molar-refractivity contribution < 1.29 is 0 Å². The molecule has 0 radical (unpaired) electrons. The maximum absolute atomic E-state index is 4.07. The second-order valence-corrected chi connectivity index (χ2v) is 5.36. The number of nitrogens with zero attached hydrogens (tertiary/aromatic N) is 1. The van der Waals surface area contributed by atoms with Gasteiger partial charge in [0.15, 0.2) is 0 Å². The first-order chi connectivity index (χ1) is 9.79. The number of unbranched alkanes of at least 4 members (excludes halogenated alkanes) is 1. The van der Waals surface area contributed by atoms with Gasteiger partial charge in [-0.15, -0.1) is 0 Å². The molecule has 1 aromatic heterocycles. The van der Waals surface area contributed by atoms with Crippen molar-refractivity contribution in [2.75, 3.05) is 0 Å². The molecule has 2 rings (SSSR count). The van der Waals surface area contributed by atoms with E-state index in [0.717, 1.165) is 6.54 Å². The van der Waals surface area contributed by atoms with Gasteiger partial charge < -0.3 is 5.32 Å². The molecule has 106 valence electrons. The molecule has 0 aliphatic heterocycles. The fourth-order valence-electron chi connectivity index (χ4n) is 2.31. The number of pyridine rings is 1. The standard InChI is InChI=1S/C18H24N2/c1-3-4-6-15(2)20-14-16-7-5-8-18(13-16)17-9-11-19-12-10-17/h5,7-13,15,20H,3-4,6,14H2,1-2H3. The fourth-order valence-corrected chi connectivity index (χ4v) is 2.31. The molecule has 1 aromatic carbocycles. The van der Waals surface area contributed by atoms with Crippen molar-refractivity contribution in [3.05, 3.63) is 54.4 Å². The van der Waals surface area contributed by atoms with E-state index in [1.54, 1.807) is 0 Å². The molecule has 0 spiro atoms. The second kappa shape index (κ2) is 7.81. The van der Waals surface area contributed by atoms with Gasteiger partial charge in [0.1, 0.15) is 0 Å². The van der Waals surface area contributed by atoms with Crippen molar-refractivity contribution in [3.8, 4) is 11.1 Å². The molecule has 2 aromatic rings. The van der Waals surface area contributed by atoms with E-state index in [2.05, 4.69) is 60.5 Å². The summed E-state index contributed by atoms with van der Waals surface area (Å²) in [4.78, 5) is 4.07. The van der Waals surface area contributed by atoms with Crippen LogP contribution in [0.15, 0.2) is 48.8 Å². The summed E-state index contributed by atoms with van der Waals surface area (Å²) in [5.41, 5.74) is 3.82. The van der Waals surface area contributed by atoms with Gasteiger partial charge in [-0.3, -0.25) is 4.98 Å². The minimum Gasteiger partial charge on any atom is -0.310 e. The number of hydrogen-bond acceptors (Lipinski definition) is 2. The first-order valence-electron chi connectivity index (χ1n) is 7.52. The highest BCUT2D eigenvalue weighted by Crippen LogP contribution is 2.19. The first-order valence-corrected chi connectivity index (χ1v) is 7.52. The van der Waals surface area contributed by atoms with E-state index in [1.165, 1.54) is 36.0 Å². The van der Waals surface area contributed by atoms with Crippen molar-refractivity contribution in [1.29, 1.82) is 0 Å². The molecule has 0 fully saturated rings. The summed E-state index contributed by atoms with van der Waals surface area (Å²) >= 11 is 0. The van der Waals surface area contributed by atoms with E-state index < -0.39 is 0 Å². The van der Waals surface area contributed by atoms with Crippen LogP contribution in [0.2, 0.25) is 0 Å². The van der Waals surface area contributed by atoms with Crippen molar-refractivity contribution in [2.45, 2.75) is 45.7 Å². The largest absolute Gasteiger partial charge is 0.310 e. The molecular formula is C18H24N2. The molecule has 0 bridgehead atoms. The summed E-state index contributed by atoms with van der Waals surface area (Å²) < 4.78 is 0.